The van der Waals surface area contributed by atoms with Crippen LogP contribution in [0.3, 0.4) is 0 Å². The minimum Gasteiger partial charge on any atom is -0.304 e. The van der Waals surface area contributed by atoms with Gasteiger partial charge in [-0.15, -0.1) is 0 Å². The van der Waals surface area contributed by atoms with Crippen LogP contribution in [-0.4, -0.2) is 25.5 Å². The van der Waals surface area contributed by atoms with Crippen molar-refractivity contribution in [3.05, 3.63) is 0 Å². The average Bonchev–Trinajstić information content (AvgIpc) is 2.13. The van der Waals surface area contributed by atoms with Crippen LogP contribution in [0.25, 0.3) is 0 Å². The summed E-state index contributed by atoms with van der Waals surface area (Å²) in [7, 11) is 0. The molecule has 0 aliphatic carbocycles. The van der Waals surface area contributed by atoms with Gasteiger partial charge in [0, 0.05) is 6.67 Å². The van der Waals surface area contributed by atoms with Crippen LogP contribution in [0, 0.1) is 0 Å². The minimum absolute atomic E-state index is 0.0833. The molecular formula is C6H12N2O. The smallest absolute Gasteiger partial charge is 0.136 e. The van der Waals surface area contributed by atoms with Crippen LogP contribution in [-0.2, 0) is 4.79 Å². The van der Waals surface area contributed by atoms with Gasteiger partial charge in [-0.1, -0.05) is 0 Å². The largest absolute Gasteiger partial charge is 0.304 e. The van der Waals surface area contributed by atoms with Crippen molar-refractivity contribution in [3.63, 3.8) is 0 Å². The lowest BCUT2D eigenvalue weighted by molar-refractivity contribution is -0.109. The summed E-state index contributed by atoms with van der Waals surface area (Å²) in [5.74, 6) is 0. The molecule has 1 rings (SSSR count). The summed E-state index contributed by atoms with van der Waals surface area (Å²) in [6.07, 6.45) is 3.04. The van der Waals surface area contributed by atoms with Gasteiger partial charge in [0.15, 0.2) is 0 Å². The highest BCUT2D eigenvalue weighted by Crippen LogP contribution is 1.95. The lowest BCUT2D eigenvalue weighted by Crippen LogP contribution is -2.34. The van der Waals surface area contributed by atoms with Crippen molar-refractivity contribution >= 4 is 6.29 Å². The molecule has 1 heterocycles. The minimum atomic E-state index is 0.0833. The molecule has 0 amide bonds. The first kappa shape index (κ1) is 6.71. The summed E-state index contributed by atoms with van der Waals surface area (Å²) in [4.78, 5) is 10.2. The van der Waals surface area contributed by atoms with Crippen LogP contribution in [0.5, 0.6) is 0 Å². The van der Waals surface area contributed by atoms with Crippen LogP contribution in [0.1, 0.15) is 12.8 Å². The van der Waals surface area contributed by atoms with Crippen LogP contribution in [0.2, 0.25) is 0 Å². The van der Waals surface area contributed by atoms with E-state index >= 15 is 0 Å². The zero-order valence-electron chi connectivity index (χ0n) is 5.39. The first-order chi connectivity index (χ1) is 4.43. The third-order valence-corrected chi connectivity index (χ3v) is 1.52. The molecule has 0 radical (unpaired) electrons. The van der Waals surface area contributed by atoms with Crippen LogP contribution >= 0.6 is 0 Å². The van der Waals surface area contributed by atoms with E-state index in [2.05, 4.69) is 10.6 Å². The number of nitrogens with one attached hydrogen (secondary N) is 2. The Bertz CT molecular complexity index is 87.1. The van der Waals surface area contributed by atoms with E-state index < -0.39 is 0 Å². The van der Waals surface area contributed by atoms with E-state index in [9.17, 15) is 4.79 Å². The van der Waals surface area contributed by atoms with E-state index in [1.54, 1.807) is 0 Å². The van der Waals surface area contributed by atoms with Gasteiger partial charge in [0.1, 0.15) is 6.29 Å². The van der Waals surface area contributed by atoms with Crippen molar-refractivity contribution in [2.45, 2.75) is 18.9 Å². The normalized spacial score (nSPS) is 29.1. The molecular weight excluding hydrogens is 116 g/mol. The molecule has 0 saturated carbocycles. The Balaban J connectivity index is 2.26. The van der Waals surface area contributed by atoms with Gasteiger partial charge in [0.05, 0.1) is 6.04 Å². The fraction of sp³-hybridized carbons (Fsp3) is 0.833. The molecule has 0 aromatic heterocycles. The Morgan fingerprint density at radius 2 is 2.44 bits per heavy atom. The van der Waals surface area contributed by atoms with Crippen molar-refractivity contribution in [2.24, 2.45) is 0 Å². The molecule has 0 bridgehead atoms. The molecule has 1 aliphatic rings. The monoisotopic (exact) mass is 128 g/mol. The lowest BCUT2D eigenvalue weighted by Gasteiger charge is -2.04. The molecule has 9 heavy (non-hydrogen) atoms. The number of hydrogen-bond donors (Lipinski definition) is 2. The zero-order chi connectivity index (χ0) is 6.53. The summed E-state index contributed by atoms with van der Waals surface area (Å²) >= 11 is 0. The van der Waals surface area contributed by atoms with E-state index in [-0.39, 0.29) is 6.04 Å². The number of carbonyl (C=O) groups excluding carboxylic acids is 1. The van der Waals surface area contributed by atoms with Crippen molar-refractivity contribution in [1.82, 2.24) is 10.6 Å². The highest BCUT2D eigenvalue weighted by molar-refractivity contribution is 5.57. The van der Waals surface area contributed by atoms with Crippen LogP contribution in [0.15, 0.2) is 0 Å². The predicted octanol–water partition coefficient (Wildman–Crippen LogP) is -0.516. The number of aldehydes is 1. The summed E-state index contributed by atoms with van der Waals surface area (Å²) in [6, 6.07) is 0.0833. The number of hydrogen-bond acceptors (Lipinski definition) is 3. The van der Waals surface area contributed by atoms with Gasteiger partial charge < -0.3 is 10.1 Å². The van der Waals surface area contributed by atoms with Crippen molar-refractivity contribution in [3.8, 4) is 0 Å². The Morgan fingerprint density at radius 3 is 3.22 bits per heavy atom. The summed E-state index contributed by atoms with van der Waals surface area (Å²) < 4.78 is 0. The molecule has 1 saturated heterocycles. The van der Waals surface area contributed by atoms with Gasteiger partial charge in [0.25, 0.3) is 0 Å². The van der Waals surface area contributed by atoms with Crippen molar-refractivity contribution in [2.75, 3.05) is 13.2 Å². The molecule has 52 valence electrons. The first-order valence-electron chi connectivity index (χ1n) is 3.33. The van der Waals surface area contributed by atoms with E-state index in [0.717, 1.165) is 32.3 Å². The second kappa shape index (κ2) is 3.58. The maximum atomic E-state index is 10.2. The van der Waals surface area contributed by atoms with Gasteiger partial charge in [-0.2, -0.15) is 0 Å². The third kappa shape index (κ3) is 2.11. The first-order valence-corrected chi connectivity index (χ1v) is 3.33. The van der Waals surface area contributed by atoms with Crippen LogP contribution in [0.4, 0.5) is 0 Å². The average molecular weight is 128 g/mol. The van der Waals surface area contributed by atoms with E-state index in [0.29, 0.717) is 0 Å². The SMILES string of the molecule is O=CC1CCCNCN1. The molecule has 1 aliphatic heterocycles. The van der Waals surface area contributed by atoms with Crippen molar-refractivity contribution < 1.29 is 4.79 Å². The van der Waals surface area contributed by atoms with Gasteiger partial charge in [0.2, 0.25) is 0 Å². The van der Waals surface area contributed by atoms with Crippen LogP contribution < -0.4 is 10.6 Å². The predicted molar refractivity (Wildman–Crippen MR) is 35.1 cm³/mol. The van der Waals surface area contributed by atoms with E-state index in [1.165, 1.54) is 0 Å². The van der Waals surface area contributed by atoms with Gasteiger partial charge in [-0.05, 0) is 19.4 Å². The molecule has 2 N–H and O–H groups in total. The van der Waals surface area contributed by atoms with E-state index in [1.807, 2.05) is 0 Å². The molecule has 0 aromatic rings. The summed E-state index contributed by atoms with van der Waals surface area (Å²) in [5, 5.41) is 6.19. The van der Waals surface area contributed by atoms with Crippen molar-refractivity contribution in [1.29, 1.82) is 0 Å². The maximum Gasteiger partial charge on any atom is 0.136 e. The standard InChI is InChI=1S/C6H12N2O/c9-4-6-2-1-3-7-5-8-6/h4,6-8H,1-3,5H2. The molecule has 0 spiro atoms. The highest BCUT2D eigenvalue weighted by Gasteiger charge is 2.07. The number of carbonyl (C=O) groups is 1. The number of rotatable bonds is 1. The fourth-order valence-corrected chi connectivity index (χ4v) is 0.957. The Labute approximate surface area is 54.8 Å². The lowest BCUT2D eigenvalue weighted by atomic mass is 10.2. The maximum absolute atomic E-state index is 10.2. The van der Waals surface area contributed by atoms with Gasteiger partial charge >= 0.3 is 0 Å². The Morgan fingerprint density at radius 1 is 1.56 bits per heavy atom. The Kier molecular flexibility index (Phi) is 2.67. The topological polar surface area (TPSA) is 41.1 Å². The summed E-state index contributed by atoms with van der Waals surface area (Å²) in [5.41, 5.74) is 0. The van der Waals surface area contributed by atoms with Gasteiger partial charge in [-0.3, -0.25) is 5.32 Å². The fourth-order valence-electron chi connectivity index (χ4n) is 0.957. The van der Waals surface area contributed by atoms with Gasteiger partial charge in [-0.25, -0.2) is 0 Å². The van der Waals surface area contributed by atoms with E-state index in [4.69, 9.17) is 0 Å². The molecule has 1 atom stereocenters. The molecule has 3 nitrogen and oxygen atoms in total. The third-order valence-electron chi connectivity index (χ3n) is 1.52. The second-order valence-electron chi connectivity index (χ2n) is 2.27. The zero-order valence-corrected chi connectivity index (χ0v) is 5.39. The Hall–Kier alpha value is -0.410. The highest BCUT2D eigenvalue weighted by atomic mass is 16.1. The molecule has 3 heteroatoms. The molecule has 0 aromatic carbocycles. The molecule has 1 unspecified atom stereocenters. The second-order valence-corrected chi connectivity index (χ2v) is 2.27. The quantitative estimate of drug-likeness (QED) is 0.467. The summed E-state index contributed by atoms with van der Waals surface area (Å²) in [6.45, 7) is 1.79. The molecule has 1 fully saturated rings.